The van der Waals surface area contributed by atoms with Crippen molar-refractivity contribution in [3.8, 4) is 0 Å². The molecule has 0 saturated heterocycles. The lowest BCUT2D eigenvalue weighted by atomic mass is 9.54. The Labute approximate surface area is 259 Å². The molecule has 5 aliphatic carbocycles. The summed E-state index contributed by atoms with van der Waals surface area (Å²) in [5.74, 6) is -6.97. The molecule has 256 valence electrons. The molecule has 0 spiro atoms. The summed E-state index contributed by atoms with van der Waals surface area (Å²) in [4.78, 5) is 0. The van der Waals surface area contributed by atoms with Crippen molar-refractivity contribution in [3.05, 3.63) is 0 Å². The molecule has 0 aromatic heterocycles. The molecule has 0 radical (unpaired) electrons. The van der Waals surface area contributed by atoms with E-state index in [1.165, 1.54) is 0 Å². The van der Waals surface area contributed by atoms with Gasteiger partial charge in [0.25, 0.3) is 0 Å². The van der Waals surface area contributed by atoms with Gasteiger partial charge in [-0.15, -0.1) is 0 Å². The van der Waals surface area contributed by atoms with Gasteiger partial charge in [0, 0.05) is 0 Å². The number of fused-ring (bicyclic) bond motifs is 8. The van der Waals surface area contributed by atoms with Crippen LogP contribution < -0.4 is 0 Å². The fourth-order valence-corrected chi connectivity index (χ4v) is 10.7. The smallest absolute Gasteiger partial charge is 0.106 e. The summed E-state index contributed by atoms with van der Waals surface area (Å²) in [6.45, 7) is 7.23. The van der Waals surface area contributed by atoms with E-state index in [-0.39, 0.29) is 25.7 Å². The van der Waals surface area contributed by atoms with E-state index in [9.17, 15) is 61.3 Å². The maximum absolute atomic E-state index is 11.2. The molecule has 0 amide bonds. The van der Waals surface area contributed by atoms with Crippen LogP contribution in [0.1, 0.15) is 53.4 Å². The fourth-order valence-electron chi connectivity index (χ4n) is 10.7. The standard InChI is InChI=1S/C32H56O12/c1-9-13-5-15(23(35)29(41)21(13)33)10(2)17-7-19(27(39)31(43)25(17)37)12(4)20-8-18(26(38)32(44)28(20)40)11(3)16-6-14(9)22(34)30(42)24(16)36/h9-44H,5-8H2,1-4H3. The first-order valence-corrected chi connectivity index (χ1v) is 16.7. The number of hydrogen-bond acceptors (Lipinski definition) is 12. The van der Waals surface area contributed by atoms with Crippen molar-refractivity contribution in [1.82, 2.24) is 0 Å². The number of aliphatic hydroxyl groups excluding tert-OH is 12. The highest BCUT2D eigenvalue weighted by molar-refractivity contribution is 5.07. The zero-order valence-corrected chi connectivity index (χ0v) is 26.1. The van der Waals surface area contributed by atoms with Gasteiger partial charge < -0.3 is 61.3 Å². The fraction of sp³-hybridized carbons (Fsp3) is 1.00. The topological polar surface area (TPSA) is 243 Å². The van der Waals surface area contributed by atoms with Crippen molar-refractivity contribution >= 4 is 0 Å². The molecule has 44 heavy (non-hydrogen) atoms. The molecule has 12 nitrogen and oxygen atoms in total. The van der Waals surface area contributed by atoms with E-state index in [0.29, 0.717) is 0 Å². The van der Waals surface area contributed by atoms with Gasteiger partial charge in [-0.2, -0.15) is 0 Å². The molecule has 12 heteroatoms. The molecular formula is C32H56O12. The summed E-state index contributed by atoms with van der Waals surface area (Å²) in [5, 5.41) is 134. The summed E-state index contributed by atoms with van der Waals surface area (Å²) < 4.78 is 0. The van der Waals surface area contributed by atoms with Crippen LogP contribution in [0.15, 0.2) is 0 Å². The molecule has 5 aliphatic rings. The molecule has 0 heterocycles. The molecular weight excluding hydrogens is 576 g/mol. The van der Waals surface area contributed by atoms with Gasteiger partial charge in [0.05, 0.1) is 48.8 Å². The highest BCUT2D eigenvalue weighted by Crippen LogP contribution is 2.53. The number of hydrogen-bond donors (Lipinski definition) is 12. The van der Waals surface area contributed by atoms with Crippen molar-refractivity contribution in [2.24, 2.45) is 71.0 Å². The van der Waals surface area contributed by atoms with Crippen LogP contribution in [0.5, 0.6) is 0 Å². The average molecular weight is 633 g/mol. The van der Waals surface area contributed by atoms with Crippen molar-refractivity contribution in [2.75, 3.05) is 0 Å². The third kappa shape index (κ3) is 5.48. The van der Waals surface area contributed by atoms with E-state index in [1.807, 2.05) is 27.7 Å². The van der Waals surface area contributed by atoms with Crippen molar-refractivity contribution < 1.29 is 61.3 Å². The molecule has 0 aromatic carbocycles. The molecule has 0 aliphatic heterocycles. The van der Waals surface area contributed by atoms with Crippen LogP contribution in [-0.4, -0.2) is 135 Å². The molecule has 16 unspecified atom stereocenters. The van der Waals surface area contributed by atoms with Gasteiger partial charge in [-0.05, 0) is 96.7 Å². The molecule has 16 atom stereocenters. The second-order valence-corrected chi connectivity index (χ2v) is 15.6. The first-order valence-electron chi connectivity index (χ1n) is 16.7. The van der Waals surface area contributed by atoms with Crippen LogP contribution in [0, 0.1) is 71.0 Å². The Morgan fingerprint density at radius 3 is 0.455 bits per heavy atom. The Morgan fingerprint density at radius 1 is 0.227 bits per heavy atom. The van der Waals surface area contributed by atoms with Crippen LogP contribution in [0.3, 0.4) is 0 Å². The van der Waals surface area contributed by atoms with E-state index in [1.54, 1.807) is 0 Å². The molecule has 12 N–H and O–H groups in total. The summed E-state index contributed by atoms with van der Waals surface area (Å²) >= 11 is 0. The maximum Gasteiger partial charge on any atom is 0.106 e. The van der Waals surface area contributed by atoms with Crippen molar-refractivity contribution in [3.63, 3.8) is 0 Å². The molecule has 0 aromatic rings. The van der Waals surface area contributed by atoms with E-state index in [0.717, 1.165) is 0 Å². The Balaban J connectivity index is 1.62. The lowest BCUT2D eigenvalue weighted by Gasteiger charge is -2.55. The normalized spacial score (nSPS) is 62.2. The summed E-state index contributed by atoms with van der Waals surface area (Å²) in [5.41, 5.74) is 0. The molecule has 5 saturated carbocycles. The average Bonchev–Trinajstić information content (AvgIpc) is 2.99. The first-order chi connectivity index (χ1) is 20.5. The van der Waals surface area contributed by atoms with Gasteiger partial charge in [0.2, 0.25) is 0 Å². The lowest BCUT2D eigenvalue weighted by Crippen LogP contribution is -2.62. The van der Waals surface area contributed by atoms with E-state index >= 15 is 0 Å². The molecule has 5 rings (SSSR count). The Bertz CT molecular complexity index is 771. The first kappa shape index (κ1) is 34.8. The monoisotopic (exact) mass is 632 g/mol. The maximum atomic E-state index is 11.2. The zero-order chi connectivity index (χ0) is 32.7. The second kappa shape index (κ2) is 12.9. The van der Waals surface area contributed by atoms with Gasteiger partial charge in [-0.3, -0.25) is 0 Å². The largest absolute Gasteiger partial charge is 0.390 e. The molecule has 5 fully saturated rings. The summed E-state index contributed by atoms with van der Waals surface area (Å²) in [6.07, 6.45) is -16.0. The predicted octanol–water partition coefficient (Wildman–Crippen LogP) is -2.58. The van der Waals surface area contributed by atoms with Crippen molar-refractivity contribution in [2.45, 2.75) is 127 Å². The highest BCUT2D eigenvalue weighted by Gasteiger charge is 2.57. The predicted molar refractivity (Wildman–Crippen MR) is 155 cm³/mol. The van der Waals surface area contributed by atoms with Gasteiger partial charge >= 0.3 is 0 Å². The van der Waals surface area contributed by atoms with Crippen LogP contribution >= 0.6 is 0 Å². The third-order valence-electron chi connectivity index (χ3n) is 13.9. The van der Waals surface area contributed by atoms with Crippen LogP contribution in [0.4, 0.5) is 0 Å². The Morgan fingerprint density at radius 2 is 0.341 bits per heavy atom. The lowest BCUT2D eigenvalue weighted by molar-refractivity contribution is -0.212. The second-order valence-electron chi connectivity index (χ2n) is 15.6. The number of rotatable bonds is 0. The van der Waals surface area contributed by atoms with Gasteiger partial charge in [-0.25, -0.2) is 0 Å². The van der Waals surface area contributed by atoms with Crippen LogP contribution in [-0.2, 0) is 0 Å². The van der Waals surface area contributed by atoms with Gasteiger partial charge in [-0.1, -0.05) is 27.7 Å². The highest BCUT2D eigenvalue weighted by atomic mass is 16.4. The summed E-state index contributed by atoms with van der Waals surface area (Å²) in [7, 11) is 0. The Hall–Kier alpha value is -0.480. The SMILES string of the molecule is CC1C2CC(C(C)C3CC(C(C)C4CC(C(C)C5CC1C(O)C(O)C5O)C(O)C(O)C4O)C(O)C(O)C3O)C(O)C(O)C2O. The van der Waals surface area contributed by atoms with E-state index in [2.05, 4.69) is 0 Å². The van der Waals surface area contributed by atoms with Gasteiger partial charge in [0.1, 0.15) is 24.4 Å². The van der Waals surface area contributed by atoms with E-state index in [4.69, 9.17) is 0 Å². The zero-order valence-electron chi connectivity index (χ0n) is 26.1. The quantitative estimate of drug-likeness (QED) is 0.132. The number of aliphatic hydroxyl groups is 12. The molecule has 8 bridgehead atoms. The van der Waals surface area contributed by atoms with E-state index < -0.39 is 144 Å². The van der Waals surface area contributed by atoms with Crippen molar-refractivity contribution in [1.29, 1.82) is 0 Å². The van der Waals surface area contributed by atoms with Crippen LogP contribution in [0.2, 0.25) is 0 Å². The minimum Gasteiger partial charge on any atom is -0.390 e. The Kier molecular flexibility index (Phi) is 10.2. The van der Waals surface area contributed by atoms with Gasteiger partial charge in [0.15, 0.2) is 0 Å². The minimum absolute atomic E-state index is 0.223. The van der Waals surface area contributed by atoms with Crippen LogP contribution in [0.25, 0.3) is 0 Å². The third-order valence-corrected chi connectivity index (χ3v) is 13.9. The minimum atomic E-state index is -1.52. The summed E-state index contributed by atoms with van der Waals surface area (Å²) in [6, 6.07) is 0.